The van der Waals surface area contributed by atoms with Crippen LogP contribution in [-0.2, 0) is 16.6 Å². The predicted molar refractivity (Wildman–Crippen MR) is 112 cm³/mol. The zero-order chi connectivity index (χ0) is 21.8. The average Bonchev–Trinajstić information content (AvgIpc) is 2.65. The highest BCUT2D eigenvalue weighted by atomic mass is 32.2. The normalized spacial score (nSPS) is 11.8. The van der Waals surface area contributed by atoms with Crippen molar-refractivity contribution in [2.75, 3.05) is 14.1 Å². The number of benzene rings is 2. The van der Waals surface area contributed by atoms with Crippen LogP contribution in [0.5, 0.6) is 0 Å². The second kappa shape index (κ2) is 8.75. The van der Waals surface area contributed by atoms with Crippen LogP contribution in [0.25, 0.3) is 0 Å². The molecule has 2 aromatic rings. The maximum Gasteiger partial charge on any atom is 0.253 e. The quantitative estimate of drug-likeness (QED) is 0.754. The maximum absolute atomic E-state index is 12.8. The van der Waals surface area contributed by atoms with Gasteiger partial charge in [-0.3, -0.25) is 9.59 Å². The molecule has 2 N–H and O–H groups in total. The van der Waals surface area contributed by atoms with Crippen molar-refractivity contribution in [2.45, 2.75) is 37.8 Å². The SMILES string of the molecule is CNC(=O)c1ccc(CN(C)C(=O)c2cccc(S(=O)(=O)NC(C)(C)C)c2)cc1. The summed E-state index contributed by atoms with van der Waals surface area (Å²) in [6.07, 6.45) is 0. The Morgan fingerprint density at radius 2 is 1.62 bits per heavy atom. The number of rotatable bonds is 6. The largest absolute Gasteiger partial charge is 0.355 e. The van der Waals surface area contributed by atoms with Crippen molar-refractivity contribution in [3.8, 4) is 0 Å². The fourth-order valence-electron chi connectivity index (χ4n) is 2.73. The van der Waals surface area contributed by atoms with Crippen LogP contribution in [0.15, 0.2) is 53.4 Å². The van der Waals surface area contributed by atoms with Gasteiger partial charge in [0.05, 0.1) is 4.90 Å². The Kier molecular flexibility index (Phi) is 6.81. The van der Waals surface area contributed by atoms with E-state index in [0.29, 0.717) is 12.1 Å². The lowest BCUT2D eigenvalue weighted by molar-refractivity contribution is 0.0784. The molecule has 0 spiro atoms. The number of hydrogen-bond donors (Lipinski definition) is 2. The van der Waals surface area contributed by atoms with Crippen LogP contribution in [0.2, 0.25) is 0 Å². The molecule has 2 amide bonds. The summed E-state index contributed by atoms with van der Waals surface area (Å²) in [6, 6.07) is 12.9. The summed E-state index contributed by atoms with van der Waals surface area (Å²) in [7, 11) is -0.527. The molecule has 0 radical (unpaired) electrons. The van der Waals surface area contributed by atoms with E-state index in [9.17, 15) is 18.0 Å². The number of nitrogens with one attached hydrogen (secondary N) is 2. The summed E-state index contributed by atoms with van der Waals surface area (Å²) < 4.78 is 27.6. The van der Waals surface area contributed by atoms with Crippen molar-refractivity contribution in [1.82, 2.24) is 14.9 Å². The zero-order valence-electron chi connectivity index (χ0n) is 17.3. The van der Waals surface area contributed by atoms with Gasteiger partial charge in [0.1, 0.15) is 0 Å². The molecule has 29 heavy (non-hydrogen) atoms. The van der Waals surface area contributed by atoms with Crippen LogP contribution >= 0.6 is 0 Å². The van der Waals surface area contributed by atoms with E-state index < -0.39 is 15.6 Å². The molecule has 0 aromatic heterocycles. The lowest BCUT2D eigenvalue weighted by Gasteiger charge is -2.21. The van der Waals surface area contributed by atoms with Crippen molar-refractivity contribution in [3.05, 3.63) is 65.2 Å². The lowest BCUT2D eigenvalue weighted by Crippen LogP contribution is -2.40. The first-order valence-corrected chi connectivity index (χ1v) is 10.6. The van der Waals surface area contributed by atoms with Crippen LogP contribution in [0, 0.1) is 0 Å². The Hall–Kier alpha value is -2.71. The topological polar surface area (TPSA) is 95.6 Å². The zero-order valence-corrected chi connectivity index (χ0v) is 18.1. The summed E-state index contributed by atoms with van der Waals surface area (Å²) >= 11 is 0. The minimum Gasteiger partial charge on any atom is -0.355 e. The molecule has 0 heterocycles. The van der Waals surface area contributed by atoms with Crippen LogP contribution in [0.4, 0.5) is 0 Å². The van der Waals surface area contributed by atoms with Crippen molar-refractivity contribution < 1.29 is 18.0 Å². The van der Waals surface area contributed by atoms with E-state index in [-0.39, 0.29) is 22.3 Å². The molecule has 0 aliphatic rings. The number of hydrogen-bond acceptors (Lipinski definition) is 4. The van der Waals surface area contributed by atoms with Gasteiger partial charge in [-0.25, -0.2) is 13.1 Å². The van der Waals surface area contributed by atoms with Gasteiger partial charge in [0.15, 0.2) is 0 Å². The molecule has 7 nitrogen and oxygen atoms in total. The third kappa shape index (κ3) is 6.13. The number of carbonyl (C=O) groups is 2. The summed E-state index contributed by atoms with van der Waals surface area (Å²) in [6.45, 7) is 5.58. The molecule has 0 aliphatic heterocycles. The van der Waals surface area contributed by atoms with E-state index in [1.165, 1.54) is 17.0 Å². The molecular weight excluding hydrogens is 390 g/mol. The molecule has 0 aliphatic carbocycles. The van der Waals surface area contributed by atoms with Crippen molar-refractivity contribution in [1.29, 1.82) is 0 Å². The number of amides is 2. The smallest absolute Gasteiger partial charge is 0.253 e. The van der Waals surface area contributed by atoms with Gasteiger partial charge in [0.2, 0.25) is 10.0 Å². The second-order valence-corrected chi connectivity index (χ2v) is 9.50. The molecule has 0 atom stereocenters. The minimum absolute atomic E-state index is 0.0432. The minimum atomic E-state index is -3.73. The van der Waals surface area contributed by atoms with Gasteiger partial charge in [-0.15, -0.1) is 0 Å². The van der Waals surface area contributed by atoms with Crippen LogP contribution in [0.1, 0.15) is 47.1 Å². The van der Waals surface area contributed by atoms with Gasteiger partial charge in [-0.2, -0.15) is 0 Å². The summed E-state index contributed by atoms with van der Waals surface area (Å²) in [5.41, 5.74) is 1.05. The summed E-state index contributed by atoms with van der Waals surface area (Å²) in [5, 5.41) is 2.55. The van der Waals surface area contributed by atoms with Gasteiger partial charge in [0.25, 0.3) is 11.8 Å². The first kappa shape index (κ1) is 22.6. The monoisotopic (exact) mass is 417 g/mol. The number of sulfonamides is 1. The summed E-state index contributed by atoms with van der Waals surface area (Å²) in [5.74, 6) is -0.476. The van der Waals surface area contributed by atoms with E-state index in [4.69, 9.17) is 0 Å². The Balaban J connectivity index is 2.16. The van der Waals surface area contributed by atoms with Gasteiger partial charge < -0.3 is 10.2 Å². The molecule has 0 bridgehead atoms. The van der Waals surface area contributed by atoms with Gasteiger partial charge in [-0.1, -0.05) is 18.2 Å². The average molecular weight is 418 g/mol. The van der Waals surface area contributed by atoms with E-state index in [2.05, 4.69) is 10.0 Å². The molecule has 2 rings (SSSR count). The number of carbonyl (C=O) groups excluding carboxylic acids is 2. The highest BCUT2D eigenvalue weighted by Crippen LogP contribution is 2.16. The van der Waals surface area contributed by atoms with Crippen molar-refractivity contribution >= 4 is 21.8 Å². The van der Waals surface area contributed by atoms with Crippen molar-refractivity contribution in [3.63, 3.8) is 0 Å². The first-order valence-electron chi connectivity index (χ1n) is 9.13. The molecule has 0 saturated carbocycles. The molecule has 2 aromatic carbocycles. The predicted octanol–water partition coefficient (Wildman–Crippen LogP) is 2.40. The van der Waals surface area contributed by atoms with E-state index >= 15 is 0 Å². The molecule has 0 saturated heterocycles. The Labute approximate surface area is 172 Å². The second-order valence-electron chi connectivity index (χ2n) is 7.82. The molecular formula is C21H27N3O4S. The standard InChI is InChI=1S/C21H27N3O4S/c1-21(2,3)23-29(27,28)18-8-6-7-17(13-18)20(26)24(5)14-15-9-11-16(12-10-15)19(25)22-4/h6-13,23H,14H2,1-5H3,(H,22,25). The highest BCUT2D eigenvalue weighted by molar-refractivity contribution is 7.89. The first-order chi connectivity index (χ1) is 13.4. The fraction of sp³-hybridized carbons (Fsp3) is 0.333. The van der Waals surface area contributed by atoms with E-state index in [0.717, 1.165) is 5.56 Å². The Bertz CT molecular complexity index is 993. The summed E-state index contributed by atoms with van der Waals surface area (Å²) in [4.78, 5) is 25.9. The Morgan fingerprint density at radius 3 is 2.17 bits per heavy atom. The van der Waals surface area contributed by atoms with E-state index in [1.54, 1.807) is 71.3 Å². The lowest BCUT2D eigenvalue weighted by atomic mass is 10.1. The van der Waals surface area contributed by atoms with E-state index in [1.807, 2.05) is 0 Å². The van der Waals surface area contributed by atoms with Crippen LogP contribution in [0.3, 0.4) is 0 Å². The van der Waals surface area contributed by atoms with Crippen LogP contribution < -0.4 is 10.0 Å². The fourth-order valence-corrected chi connectivity index (χ4v) is 4.19. The third-order valence-corrected chi connectivity index (χ3v) is 5.80. The van der Waals surface area contributed by atoms with Gasteiger partial charge in [-0.05, 0) is 56.7 Å². The van der Waals surface area contributed by atoms with Crippen LogP contribution in [-0.4, -0.2) is 44.8 Å². The van der Waals surface area contributed by atoms with Gasteiger partial charge >= 0.3 is 0 Å². The molecule has 0 fully saturated rings. The molecule has 156 valence electrons. The third-order valence-electron chi connectivity index (χ3n) is 4.04. The number of nitrogens with zero attached hydrogens (tertiary/aromatic N) is 1. The Morgan fingerprint density at radius 1 is 1.00 bits per heavy atom. The van der Waals surface area contributed by atoms with Gasteiger partial charge in [0, 0.05) is 37.3 Å². The molecule has 0 unspecified atom stereocenters. The van der Waals surface area contributed by atoms with Crippen molar-refractivity contribution in [2.24, 2.45) is 0 Å². The highest BCUT2D eigenvalue weighted by Gasteiger charge is 2.23. The molecule has 8 heteroatoms. The maximum atomic E-state index is 12.8.